The number of carbonyl (C=O) groups is 2. The van der Waals surface area contributed by atoms with Gasteiger partial charge in [-0.1, -0.05) is 6.07 Å². The number of nitrogens with one attached hydrogen (secondary N) is 1. The van der Waals surface area contributed by atoms with Crippen molar-refractivity contribution < 1.29 is 14.3 Å². The second-order valence-electron chi connectivity index (χ2n) is 5.69. The fourth-order valence-corrected chi connectivity index (χ4v) is 3.71. The van der Waals surface area contributed by atoms with Crippen LogP contribution >= 0.6 is 11.3 Å². The van der Waals surface area contributed by atoms with E-state index in [9.17, 15) is 9.59 Å². The zero-order valence-electron chi connectivity index (χ0n) is 13.7. The first kappa shape index (κ1) is 17.4. The lowest BCUT2D eigenvalue weighted by Crippen LogP contribution is -2.45. The number of thiophene rings is 1. The summed E-state index contributed by atoms with van der Waals surface area (Å²) in [6, 6.07) is 8.74. The van der Waals surface area contributed by atoms with Crippen molar-refractivity contribution in [1.82, 2.24) is 9.88 Å². The van der Waals surface area contributed by atoms with Crippen LogP contribution < -0.4 is 11.1 Å². The molecular weight excluding hydrogens is 340 g/mol. The molecule has 0 spiro atoms. The SMILES string of the molecule is NC(=O)N1CCOCC1c1ccc(NC(=O)CCc2ccccn2)s1. The maximum absolute atomic E-state index is 12.1. The van der Waals surface area contributed by atoms with Gasteiger partial charge in [0.2, 0.25) is 5.91 Å². The van der Waals surface area contributed by atoms with Crippen LogP contribution in [0.2, 0.25) is 0 Å². The van der Waals surface area contributed by atoms with E-state index < -0.39 is 6.03 Å². The zero-order chi connectivity index (χ0) is 17.6. The number of anilines is 1. The third kappa shape index (κ3) is 4.55. The van der Waals surface area contributed by atoms with Gasteiger partial charge in [-0.2, -0.15) is 0 Å². The molecule has 0 saturated carbocycles. The second-order valence-corrected chi connectivity index (χ2v) is 6.81. The number of aromatic nitrogens is 1. The lowest BCUT2D eigenvalue weighted by Gasteiger charge is -2.33. The van der Waals surface area contributed by atoms with E-state index in [1.807, 2.05) is 30.3 Å². The third-order valence-electron chi connectivity index (χ3n) is 3.96. The first-order chi connectivity index (χ1) is 12.1. The largest absolute Gasteiger partial charge is 0.377 e. The molecule has 1 aliphatic rings. The molecule has 132 valence electrons. The van der Waals surface area contributed by atoms with Gasteiger partial charge in [-0.15, -0.1) is 11.3 Å². The smallest absolute Gasteiger partial charge is 0.315 e. The van der Waals surface area contributed by atoms with Crippen molar-refractivity contribution in [3.8, 4) is 0 Å². The summed E-state index contributed by atoms with van der Waals surface area (Å²) in [4.78, 5) is 30.4. The summed E-state index contributed by atoms with van der Waals surface area (Å²) in [6.07, 6.45) is 2.68. The summed E-state index contributed by atoms with van der Waals surface area (Å²) < 4.78 is 5.46. The van der Waals surface area contributed by atoms with Crippen LogP contribution in [0.25, 0.3) is 0 Å². The van der Waals surface area contributed by atoms with Gasteiger partial charge in [0.15, 0.2) is 0 Å². The van der Waals surface area contributed by atoms with Crippen LogP contribution in [-0.2, 0) is 16.0 Å². The number of hydrogen-bond acceptors (Lipinski definition) is 5. The van der Waals surface area contributed by atoms with E-state index in [0.29, 0.717) is 32.6 Å². The molecule has 1 aliphatic heterocycles. The number of morpholine rings is 1. The fourth-order valence-electron chi connectivity index (χ4n) is 2.69. The van der Waals surface area contributed by atoms with E-state index in [2.05, 4.69) is 10.3 Å². The summed E-state index contributed by atoms with van der Waals surface area (Å²) in [5, 5.41) is 3.64. The van der Waals surface area contributed by atoms with Gasteiger partial charge in [0.25, 0.3) is 0 Å². The molecule has 0 radical (unpaired) electrons. The average molecular weight is 360 g/mol. The maximum atomic E-state index is 12.1. The molecule has 3 N–H and O–H groups in total. The van der Waals surface area contributed by atoms with E-state index in [4.69, 9.17) is 10.5 Å². The Morgan fingerprint density at radius 1 is 1.36 bits per heavy atom. The number of nitrogens with two attached hydrogens (primary N) is 1. The lowest BCUT2D eigenvalue weighted by molar-refractivity contribution is -0.116. The van der Waals surface area contributed by atoms with Gasteiger partial charge in [-0.3, -0.25) is 9.78 Å². The number of nitrogens with zero attached hydrogens (tertiary/aromatic N) is 2. The third-order valence-corrected chi connectivity index (χ3v) is 5.07. The molecule has 2 aromatic heterocycles. The van der Waals surface area contributed by atoms with Gasteiger partial charge in [-0.25, -0.2) is 4.79 Å². The summed E-state index contributed by atoms with van der Waals surface area (Å²) in [6.45, 7) is 1.38. The number of primary amides is 1. The highest BCUT2D eigenvalue weighted by molar-refractivity contribution is 7.16. The maximum Gasteiger partial charge on any atom is 0.315 e. The average Bonchev–Trinajstić information content (AvgIpc) is 3.09. The number of pyridine rings is 1. The number of carbonyl (C=O) groups excluding carboxylic acids is 2. The molecule has 0 aromatic carbocycles. The van der Waals surface area contributed by atoms with E-state index in [0.717, 1.165) is 15.6 Å². The molecule has 25 heavy (non-hydrogen) atoms. The van der Waals surface area contributed by atoms with Crippen molar-refractivity contribution in [2.75, 3.05) is 25.1 Å². The quantitative estimate of drug-likeness (QED) is 0.854. The highest BCUT2D eigenvalue weighted by atomic mass is 32.1. The van der Waals surface area contributed by atoms with E-state index in [1.54, 1.807) is 11.1 Å². The number of hydrogen-bond donors (Lipinski definition) is 2. The summed E-state index contributed by atoms with van der Waals surface area (Å²) >= 11 is 1.43. The standard InChI is InChI=1S/C17H20N4O3S/c18-17(23)21-9-10-24-11-13(21)14-5-7-16(25-14)20-15(22)6-4-12-3-1-2-8-19-12/h1-3,5,7-8,13H,4,6,9-11H2,(H2,18,23)(H,20,22). The van der Waals surface area contributed by atoms with Gasteiger partial charge in [-0.05, 0) is 30.7 Å². The predicted molar refractivity (Wildman–Crippen MR) is 95.4 cm³/mol. The molecule has 1 atom stereocenters. The van der Waals surface area contributed by atoms with E-state index >= 15 is 0 Å². The van der Waals surface area contributed by atoms with Crippen LogP contribution in [0, 0.1) is 0 Å². The minimum Gasteiger partial charge on any atom is -0.377 e. The Balaban J connectivity index is 1.57. The second kappa shape index (κ2) is 8.09. The van der Waals surface area contributed by atoms with E-state index in [1.165, 1.54) is 11.3 Å². The molecule has 0 aliphatic carbocycles. The molecular formula is C17H20N4O3S. The number of amides is 3. The highest BCUT2D eigenvalue weighted by Gasteiger charge is 2.28. The van der Waals surface area contributed by atoms with Crippen LogP contribution in [-0.4, -0.2) is 41.6 Å². The van der Waals surface area contributed by atoms with Gasteiger partial charge in [0.1, 0.15) is 0 Å². The molecule has 8 heteroatoms. The van der Waals surface area contributed by atoms with Crippen LogP contribution in [0.5, 0.6) is 0 Å². The Bertz CT molecular complexity index is 735. The summed E-state index contributed by atoms with van der Waals surface area (Å²) in [5.74, 6) is -0.0642. The molecule has 3 amide bonds. The number of urea groups is 1. The topological polar surface area (TPSA) is 97.5 Å². The number of aryl methyl sites for hydroxylation is 1. The predicted octanol–water partition coefficient (Wildman–Crippen LogP) is 2.17. The Hall–Kier alpha value is -2.45. The zero-order valence-corrected chi connectivity index (χ0v) is 14.5. The monoisotopic (exact) mass is 360 g/mol. The van der Waals surface area contributed by atoms with Gasteiger partial charge in [0.05, 0.1) is 24.3 Å². The molecule has 0 bridgehead atoms. The molecule has 2 aromatic rings. The molecule has 1 fully saturated rings. The molecule has 3 heterocycles. The molecule has 3 rings (SSSR count). The minimum atomic E-state index is -0.456. The van der Waals surface area contributed by atoms with E-state index in [-0.39, 0.29) is 11.9 Å². The minimum absolute atomic E-state index is 0.0642. The molecule has 1 saturated heterocycles. The van der Waals surface area contributed by atoms with Crippen LogP contribution in [0.3, 0.4) is 0 Å². The van der Waals surface area contributed by atoms with Crippen molar-refractivity contribution in [3.63, 3.8) is 0 Å². The Morgan fingerprint density at radius 3 is 3.00 bits per heavy atom. The Labute approximate surface area is 149 Å². The summed E-state index contributed by atoms with van der Waals surface area (Å²) in [7, 11) is 0. The normalized spacial score (nSPS) is 17.3. The summed E-state index contributed by atoms with van der Waals surface area (Å²) in [5.41, 5.74) is 6.33. The van der Waals surface area contributed by atoms with Crippen LogP contribution in [0.15, 0.2) is 36.5 Å². The van der Waals surface area contributed by atoms with Gasteiger partial charge in [0, 0.05) is 29.7 Å². The van der Waals surface area contributed by atoms with Crippen LogP contribution in [0.1, 0.15) is 23.0 Å². The Morgan fingerprint density at radius 2 is 2.24 bits per heavy atom. The first-order valence-corrected chi connectivity index (χ1v) is 8.88. The van der Waals surface area contributed by atoms with Crippen molar-refractivity contribution in [1.29, 1.82) is 0 Å². The molecule has 1 unspecified atom stereocenters. The number of rotatable bonds is 5. The molecule has 7 nitrogen and oxygen atoms in total. The van der Waals surface area contributed by atoms with Gasteiger partial charge >= 0.3 is 6.03 Å². The van der Waals surface area contributed by atoms with Crippen molar-refractivity contribution >= 4 is 28.3 Å². The van der Waals surface area contributed by atoms with Crippen molar-refractivity contribution in [2.45, 2.75) is 18.9 Å². The highest BCUT2D eigenvalue weighted by Crippen LogP contribution is 2.32. The number of ether oxygens (including phenoxy) is 1. The van der Waals surface area contributed by atoms with Crippen LogP contribution in [0.4, 0.5) is 9.80 Å². The first-order valence-electron chi connectivity index (χ1n) is 8.07. The van der Waals surface area contributed by atoms with Gasteiger partial charge < -0.3 is 20.7 Å². The van der Waals surface area contributed by atoms with Crippen molar-refractivity contribution in [3.05, 3.63) is 47.1 Å². The van der Waals surface area contributed by atoms with Crippen molar-refractivity contribution in [2.24, 2.45) is 5.73 Å². The Kier molecular flexibility index (Phi) is 5.62. The fraction of sp³-hybridized carbons (Fsp3) is 0.353. The lowest BCUT2D eigenvalue weighted by atomic mass is 10.2.